The van der Waals surface area contributed by atoms with Crippen molar-refractivity contribution < 1.29 is 0 Å². The summed E-state index contributed by atoms with van der Waals surface area (Å²) in [6.45, 7) is 7.15. The maximum Gasteiger partial charge on any atom is 0.110 e. The summed E-state index contributed by atoms with van der Waals surface area (Å²) in [5.74, 6) is 0. The highest BCUT2D eigenvalue weighted by atomic mass is 79.9. The maximum absolute atomic E-state index is 4.50. The lowest BCUT2D eigenvalue weighted by Gasteiger charge is -2.11. The molecule has 1 unspecified atom stereocenters. The Morgan fingerprint density at radius 2 is 2.17 bits per heavy atom. The van der Waals surface area contributed by atoms with E-state index in [9.17, 15) is 0 Å². The Bertz CT molecular complexity index is 536. The molecule has 0 aliphatic carbocycles. The van der Waals surface area contributed by atoms with Gasteiger partial charge in [0, 0.05) is 22.1 Å². The number of aromatic nitrogens is 1. The number of thiazole rings is 1. The fourth-order valence-corrected chi connectivity index (χ4v) is 2.93. The van der Waals surface area contributed by atoms with Crippen molar-refractivity contribution in [1.29, 1.82) is 0 Å². The van der Waals surface area contributed by atoms with Crippen LogP contribution in [0.2, 0.25) is 0 Å². The summed E-state index contributed by atoms with van der Waals surface area (Å²) in [6.07, 6.45) is 0. The molecule has 0 bridgehead atoms. The molecule has 0 amide bonds. The number of aryl methyl sites for hydroxylation is 2. The molecule has 2 aromatic rings. The molecular formula is C14H17BrN2S. The average Bonchev–Trinajstić information content (AvgIpc) is 2.77. The Hall–Kier alpha value is -0.710. The molecule has 0 fully saturated rings. The van der Waals surface area contributed by atoms with Gasteiger partial charge in [-0.15, -0.1) is 11.3 Å². The molecule has 0 saturated carbocycles. The van der Waals surface area contributed by atoms with E-state index in [2.05, 4.69) is 63.7 Å². The van der Waals surface area contributed by atoms with Crippen molar-refractivity contribution in [3.8, 4) is 0 Å². The van der Waals surface area contributed by atoms with Crippen LogP contribution >= 0.6 is 27.3 Å². The van der Waals surface area contributed by atoms with E-state index in [1.54, 1.807) is 11.3 Å². The second kappa shape index (κ2) is 5.95. The molecular weight excluding hydrogens is 308 g/mol. The van der Waals surface area contributed by atoms with Crippen LogP contribution in [0.25, 0.3) is 0 Å². The second-order valence-electron chi connectivity index (χ2n) is 4.51. The Balaban J connectivity index is 1.97. The van der Waals surface area contributed by atoms with Crippen LogP contribution in [-0.2, 0) is 6.54 Å². The Morgan fingerprint density at radius 3 is 2.78 bits per heavy atom. The number of nitrogens with zero attached hydrogens (tertiary/aromatic N) is 1. The topological polar surface area (TPSA) is 24.9 Å². The van der Waals surface area contributed by atoms with Crippen LogP contribution in [0, 0.1) is 13.8 Å². The van der Waals surface area contributed by atoms with Gasteiger partial charge in [-0.25, -0.2) is 4.98 Å². The maximum atomic E-state index is 4.50. The first-order chi connectivity index (χ1) is 8.56. The lowest BCUT2D eigenvalue weighted by molar-refractivity contribution is 0.571. The van der Waals surface area contributed by atoms with Crippen LogP contribution in [0.5, 0.6) is 0 Å². The molecule has 0 aliphatic heterocycles. The predicted octanol–water partition coefficient (Wildman–Crippen LogP) is 4.37. The standard InChI is InChI=1S/C14H17BrN2S/c1-9-4-5-12(6-13(9)15)7-16-11(3)14-17-10(2)8-18-14/h4-6,8,11,16H,7H2,1-3H3. The highest BCUT2D eigenvalue weighted by Gasteiger charge is 2.08. The first kappa shape index (κ1) is 13.7. The quantitative estimate of drug-likeness (QED) is 0.903. The van der Waals surface area contributed by atoms with Crippen molar-refractivity contribution in [3.63, 3.8) is 0 Å². The molecule has 0 radical (unpaired) electrons. The fourth-order valence-electron chi connectivity index (χ4n) is 1.68. The molecule has 2 nitrogen and oxygen atoms in total. The van der Waals surface area contributed by atoms with E-state index in [-0.39, 0.29) is 0 Å². The minimum absolute atomic E-state index is 0.295. The molecule has 0 spiro atoms. The van der Waals surface area contributed by atoms with Gasteiger partial charge in [0.05, 0.1) is 6.04 Å². The number of nitrogens with one attached hydrogen (secondary N) is 1. The first-order valence-corrected chi connectivity index (χ1v) is 7.64. The lowest BCUT2D eigenvalue weighted by Crippen LogP contribution is -2.18. The first-order valence-electron chi connectivity index (χ1n) is 5.96. The molecule has 0 saturated heterocycles. The summed E-state index contributed by atoms with van der Waals surface area (Å²) in [6, 6.07) is 6.76. The Morgan fingerprint density at radius 1 is 1.39 bits per heavy atom. The number of hydrogen-bond acceptors (Lipinski definition) is 3. The second-order valence-corrected chi connectivity index (χ2v) is 6.26. The molecule has 1 aromatic heterocycles. The van der Waals surface area contributed by atoms with Gasteiger partial charge in [0.1, 0.15) is 5.01 Å². The normalized spacial score (nSPS) is 12.7. The minimum atomic E-state index is 0.295. The molecule has 2 rings (SSSR count). The highest BCUT2D eigenvalue weighted by molar-refractivity contribution is 9.10. The number of halogens is 1. The van der Waals surface area contributed by atoms with Crippen LogP contribution in [0.4, 0.5) is 0 Å². The van der Waals surface area contributed by atoms with Crippen molar-refractivity contribution >= 4 is 27.3 Å². The summed E-state index contributed by atoms with van der Waals surface area (Å²) in [5, 5.41) is 6.75. The van der Waals surface area contributed by atoms with Gasteiger partial charge in [-0.1, -0.05) is 28.1 Å². The zero-order chi connectivity index (χ0) is 13.1. The zero-order valence-corrected chi connectivity index (χ0v) is 13.2. The largest absolute Gasteiger partial charge is 0.304 e. The van der Waals surface area contributed by atoms with E-state index in [0.29, 0.717) is 6.04 Å². The van der Waals surface area contributed by atoms with E-state index in [4.69, 9.17) is 0 Å². The van der Waals surface area contributed by atoms with Crippen molar-refractivity contribution in [2.45, 2.75) is 33.4 Å². The smallest absolute Gasteiger partial charge is 0.110 e. The molecule has 18 heavy (non-hydrogen) atoms. The summed E-state index contributed by atoms with van der Waals surface area (Å²) < 4.78 is 1.17. The SMILES string of the molecule is Cc1csc(C(C)NCc2ccc(C)c(Br)c2)n1. The van der Waals surface area contributed by atoms with E-state index < -0.39 is 0 Å². The van der Waals surface area contributed by atoms with Crippen LogP contribution in [-0.4, -0.2) is 4.98 Å². The van der Waals surface area contributed by atoms with Gasteiger partial charge in [-0.3, -0.25) is 0 Å². The molecule has 96 valence electrons. The van der Waals surface area contributed by atoms with Gasteiger partial charge in [-0.2, -0.15) is 0 Å². The summed E-state index contributed by atoms with van der Waals surface area (Å²) in [5.41, 5.74) is 3.65. The summed E-state index contributed by atoms with van der Waals surface area (Å²) >= 11 is 5.28. The molecule has 4 heteroatoms. The summed E-state index contributed by atoms with van der Waals surface area (Å²) in [4.78, 5) is 4.50. The molecule has 0 aliphatic rings. The Labute approximate surface area is 121 Å². The van der Waals surface area contributed by atoms with E-state index >= 15 is 0 Å². The third-order valence-electron chi connectivity index (χ3n) is 2.86. The lowest BCUT2D eigenvalue weighted by atomic mass is 10.1. The summed E-state index contributed by atoms with van der Waals surface area (Å²) in [7, 11) is 0. The van der Waals surface area contributed by atoms with Gasteiger partial charge < -0.3 is 5.32 Å². The van der Waals surface area contributed by atoms with Crippen molar-refractivity contribution in [3.05, 3.63) is 49.9 Å². The van der Waals surface area contributed by atoms with Crippen molar-refractivity contribution in [2.75, 3.05) is 0 Å². The van der Waals surface area contributed by atoms with E-state index in [1.807, 2.05) is 6.92 Å². The van der Waals surface area contributed by atoms with E-state index in [1.165, 1.54) is 15.6 Å². The van der Waals surface area contributed by atoms with Gasteiger partial charge in [0.25, 0.3) is 0 Å². The van der Waals surface area contributed by atoms with Gasteiger partial charge in [-0.05, 0) is 38.0 Å². The third-order valence-corrected chi connectivity index (χ3v) is 4.86. The van der Waals surface area contributed by atoms with Crippen molar-refractivity contribution in [1.82, 2.24) is 10.3 Å². The zero-order valence-electron chi connectivity index (χ0n) is 10.8. The number of hydrogen-bond donors (Lipinski definition) is 1. The molecule has 1 N–H and O–H groups in total. The average molecular weight is 325 g/mol. The van der Waals surface area contributed by atoms with E-state index in [0.717, 1.165) is 17.2 Å². The van der Waals surface area contributed by atoms with Gasteiger partial charge in [0.2, 0.25) is 0 Å². The minimum Gasteiger partial charge on any atom is -0.304 e. The third kappa shape index (κ3) is 3.40. The van der Waals surface area contributed by atoms with Crippen LogP contribution in [0.1, 0.15) is 34.8 Å². The molecule has 1 heterocycles. The molecule has 1 aromatic carbocycles. The van der Waals surface area contributed by atoms with Crippen LogP contribution in [0.3, 0.4) is 0 Å². The van der Waals surface area contributed by atoms with Crippen LogP contribution in [0.15, 0.2) is 28.1 Å². The van der Waals surface area contributed by atoms with Crippen molar-refractivity contribution in [2.24, 2.45) is 0 Å². The van der Waals surface area contributed by atoms with Gasteiger partial charge >= 0.3 is 0 Å². The monoisotopic (exact) mass is 324 g/mol. The number of benzene rings is 1. The predicted molar refractivity (Wildman–Crippen MR) is 81.0 cm³/mol. The van der Waals surface area contributed by atoms with Gasteiger partial charge in [0.15, 0.2) is 0 Å². The molecule has 1 atom stereocenters. The fraction of sp³-hybridized carbons (Fsp3) is 0.357. The highest BCUT2D eigenvalue weighted by Crippen LogP contribution is 2.20. The van der Waals surface area contributed by atoms with Crippen LogP contribution < -0.4 is 5.32 Å². The Kier molecular flexibility index (Phi) is 4.54. The number of rotatable bonds is 4.